The normalized spacial score (nSPS) is 27.9. The zero-order valence-electron chi connectivity index (χ0n) is 11.8. The summed E-state index contributed by atoms with van der Waals surface area (Å²) < 4.78 is 0. The second-order valence-corrected chi connectivity index (χ2v) is 6.03. The summed E-state index contributed by atoms with van der Waals surface area (Å²) in [6.07, 6.45) is 8.90. The van der Waals surface area contributed by atoms with Gasteiger partial charge in [0.2, 0.25) is 0 Å². The number of fused-ring (bicyclic) bond motifs is 1. The number of rotatable bonds is 2. The van der Waals surface area contributed by atoms with Crippen molar-refractivity contribution in [3.63, 3.8) is 0 Å². The first-order chi connectivity index (χ1) is 9.83. The minimum absolute atomic E-state index is 0.108. The van der Waals surface area contributed by atoms with Crippen LogP contribution < -0.4 is 5.43 Å². The summed E-state index contributed by atoms with van der Waals surface area (Å²) in [7, 11) is 0. The van der Waals surface area contributed by atoms with E-state index in [-0.39, 0.29) is 5.91 Å². The average molecular weight is 270 g/mol. The minimum atomic E-state index is -0.108. The van der Waals surface area contributed by atoms with Gasteiger partial charge in [0.25, 0.3) is 5.91 Å². The first-order valence-electron chi connectivity index (χ1n) is 7.74. The number of carbonyl (C=O) groups is 1. The highest BCUT2D eigenvalue weighted by Gasteiger charge is 2.30. The number of carbonyl (C=O) groups excluding carboxylic acids is 1. The molecule has 0 heterocycles. The van der Waals surface area contributed by atoms with Crippen LogP contribution >= 0.6 is 0 Å². The van der Waals surface area contributed by atoms with Crippen LogP contribution in [0, 0.1) is 11.8 Å². The van der Waals surface area contributed by atoms with Crippen molar-refractivity contribution in [2.75, 3.05) is 0 Å². The summed E-state index contributed by atoms with van der Waals surface area (Å²) >= 11 is 0. The summed E-state index contributed by atoms with van der Waals surface area (Å²) in [6, 6.07) is 9.28. The maximum Gasteiger partial charge on any atom is 0.271 e. The molecule has 0 spiro atoms. The van der Waals surface area contributed by atoms with Gasteiger partial charge in [0.05, 0.1) is 0 Å². The zero-order valence-corrected chi connectivity index (χ0v) is 11.8. The van der Waals surface area contributed by atoms with Crippen LogP contribution in [0.5, 0.6) is 0 Å². The van der Waals surface area contributed by atoms with Crippen LogP contribution in [0.4, 0.5) is 0 Å². The summed E-state index contributed by atoms with van der Waals surface area (Å²) in [5.74, 6) is 1.61. The Morgan fingerprint density at radius 1 is 1.05 bits per heavy atom. The van der Waals surface area contributed by atoms with E-state index in [9.17, 15) is 4.79 Å². The zero-order chi connectivity index (χ0) is 13.8. The van der Waals surface area contributed by atoms with E-state index in [1.54, 1.807) is 0 Å². The minimum Gasteiger partial charge on any atom is -0.267 e. The van der Waals surface area contributed by atoms with Gasteiger partial charge in [-0.3, -0.25) is 4.79 Å². The molecule has 1 N–H and O–H groups in total. The number of hydrazone groups is 1. The van der Waals surface area contributed by atoms with Crippen molar-refractivity contribution >= 4 is 11.6 Å². The highest BCUT2D eigenvalue weighted by Crippen LogP contribution is 2.39. The van der Waals surface area contributed by atoms with Gasteiger partial charge in [0.1, 0.15) is 0 Å². The fraction of sp³-hybridized carbons (Fsp3) is 0.529. The molecule has 106 valence electrons. The lowest BCUT2D eigenvalue weighted by atomic mass is 9.70. The smallest absolute Gasteiger partial charge is 0.267 e. The summed E-state index contributed by atoms with van der Waals surface area (Å²) in [5.41, 5.74) is 4.56. The Hall–Kier alpha value is -1.64. The molecule has 0 bridgehead atoms. The first kappa shape index (κ1) is 13.3. The van der Waals surface area contributed by atoms with Crippen molar-refractivity contribution in [3.8, 4) is 0 Å². The maximum atomic E-state index is 12.0. The number of hydrogen-bond donors (Lipinski definition) is 1. The van der Waals surface area contributed by atoms with E-state index in [0.717, 1.165) is 24.7 Å². The van der Waals surface area contributed by atoms with Crippen LogP contribution in [-0.4, -0.2) is 11.6 Å². The maximum absolute atomic E-state index is 12.0. The molecule has 0 aliphatic heterocycles. The van der Waals surface area contributed by atoms with Crippen LogP contribution in [0.1, 0.15) is 55.3 Å². The van der Waals surface area contributed by atoms with Crippen molar-refractivity contribution in [2.24, 2.45) is 16.9 Å². The number of amides is 1. The molecule has 20 heavy (non-hydrogen) atoms. The highest BCUT2D eigenvalue weighted by molar-refractivity contribution is 5.95. The van der Waals surface area contributed by atoms with E-state index in [2.05, 4.69) is 10.5 Å². The van der Waals surface area contributed by atoms with Crippen molar-refractivity contribution in [1.82, 2.24) is 5.43 Å². The topological polar surface area (TPSA) is 41.5 Å². The summed E-state index contributed by atoms with van der Waals surface area (Å²) in [6.45, 7) is 0. The van der Waals surface area contributed by atoms with Crippen LogP contribution in [0.2, 0.25) is 0 Å². The molecule has 1 amide bonds. The molecule has 1 aromatic carbocycles. The predicted octanol–water partition coefficient (Wildman–Crippen LogP) is 3.76. The molecule has 3 rings (SSSR count). The van der Waals surface area contributed by atoms with Gasteiger partial charge in [0, 0.05) is 11.3 Å². The quantitative estimate of drug-likeness (QED) is 0.817. The molecule has 0 unspecified atom stereocenters. The number of nitrogens with one attached hydrogen (secondary N) is 1. The highest BCUT2D eigenvalue weighted by atomic mass is 16.2. The summed E-state index contributed by atoms with van der Waals surface area (Å²) in [5, 5.41) is 4.37. The molecular formula is C17H22N2O. The SMILES string of the molecule is O=C(N/N=C1/CC[C@@H]2CCCC[C@@H]2C1)c1ccccc1. The monoisotopic (exact) mass is 270 g/mol. The predicted molar refractivity (Wildman–Crippen MR) is 80.6 cm³/mol. The third-order valence-electron chi connectivity index (χ3n) is 4.72. The lowest BCUT2D eigenvalue weighted by Gasteiger charge is -2.35. The Labute approximate surface area is 120 Å². The van der Waals surface area contributed by atoms with Crippen LogP contribution in [0.3, 0.4) is 0 Å². The third kappa shape index (κ3) is 3.09. The van der Waals surface area contributed by atoms with Crippen LogP contribution in [-0.2, 0) is 0 Å². The molecule has 2 saturated carbocycles. The first-order valence-corrected chi connectivity index (χ1v) is 7.74. The summed E-state index contributed by atoms with van der Waals surface area (Å²) in [4.78, 5) is 12.0. The fourth-order valence-electron chi connectivity index (χ4n) is 3.58. The van der Waals surface area contributed by atoms with Crippen molar-refractivity contribution < 1.29 is 4.79 Å². The standard InChI is InChI=1S/C17H22N2O/c20-17(14-7-2-1-3-8-14)19-18-16-11-10-13-6-4-5-9-15(13)12-16/h1-3,7-8,13,15H,4-6,9-12H2,(H,19,20)/b18-16-/t13-,15+/m0/s1. The number of benzene rings is 1. The van der Waals surface area contributed by atoms with Gasteiger partial charge in [-0.1, -0.05) is 37.5 Å². The van der Waals surface area contributed by atoms with Gasteiger partial charge in [-0.15, -0.1) is 0 Å². The molecule has 3 heteroatoms. The van der Waals surface area contributed by atoms with Gasteiger partial charge in [-0.05, 0) is 49.7 Å². The van der Waals surface area contributed by atoms with E-state index in [0.29, 0.717) is 5.56 Å². The van der Waals surface area contributed by atoms with Gasteiger partial charge < -0.3 is 0 Å². The second-order valence-electron chi connectivity index (χ2n) is 6.03. The third-order valence-corrected chi connectivity index (χ3v) is 4.72. The van der Waals surface area contributed by atoms with E-state index < -0.39 is 0 Å². The Morgan fingerprint density at radius 3 is 2.60 bits per heavy atom. The molecule has 2 atom stereocenters. The van der Waals surface area contributed by atoms with Crippen molar-refractivity contribution in [1.29, 1.82) is 0 Å². The molecule has 0 radical (unpaired) electrons. The lowest BCUT2D eigenvalue weighted by molar-refractivity contribution is 0.0954. The van der Waals surface area contributed by atoms with E-state index in [4.69, 9.17) is 0 Å². The van der Waals surface area contributed by atoms with Gasteiger partial charge >= 0.3 is 0 Å². The molecule has 2 aliphatic carbocycles. The van der Waals surface area contributed by atoms with E-state index in [1.807, 2.05) is 30.3 Å². The molecule has 3 nitrogen and oxygen atoms in total. The number of hydrogen-bond acceptors (Lipinski definition) is 2. The molecule has 2 aliphatic rings. The van der Waals surface area contributed by atoms with Crippen LogP contribution in [0.15, 0.2) is 35.4 Å². The Bertz CT molecular complexity index is 495. The average Bonchev–Trinajstić information content (AvgIpc) is 2.53. The number of nitrogens with zero attached hydrogens (tertiary/aromatic N) is 1. The molecule has 2 fully saturated rings. The Kier molecular flexibility index (Phi) is 4.14. The second kappa shape index (κ2) is 6.21. The van der Waals surface area contributed by atoms with Crippen LogP contribution in [0.25, 0.3) is 0 Å². The fourth-order valence-corrected chi connectivity index (χ4v) is 3.58. The lowest BCUT2D eigenvalue weighted by Crippen LogP contribution is -2.29. The van der Waals surface area contributed by atoms with Gasteiger partial charge in [-0.2, -0.15) is 5.10 Å². The van der Waals surface area contributed by atoms with Crippen molar-refractivity contribution in [3.05, 3.63) is 35.9 Å². The molecule has 0 aromatic heterocycles. The Morgan fingerprint density at radius 2 is 1.80 bits per heavy atom. The van der Waals surface area contributed by atoms with Crippen molar-refractivity contribution in [2.45, 2.75) is 44.9 Å². The van der Waals surface area contributed by atoms with Gasteiger partial charge in [-0.25, -0.2) is 5.43 Å². The van der Waals surface area contributed by atoms with E-state index >= 15 is 0 Å². The Balaban J connectivity index is 1.58. The molecular weight excluding hydrogens is 248 g/mol. The van der Waals surface area contributed by atoms with E-state index in [1.165, 1.54) is 37.8 Å². The van der Waals surface area contributed by atoms with Gasteiger partial charge in [0.15, 0.2) is 0 Å². The molecule has 1 aromatic rings. The molecule has 0 saturated heterocycles. The largest absolute Gasteiger partial charge is 0.271 e.